The number of hydrogen-bond donors (Lipinski definition) is 1. The Morgan fingerprint density at radius 3 is 2.50 bits per heavy atom. The van der Waals surface area contributed by atoms with Crippen molar-refractivity contribution in [1.82, 2.24) is 0 Å². The fourth-order valence-electron chi connectivity index (χ4n) is 0.624. The summed E-state index contributed by atoms with van der Waals surface area (Å²) < 4.78 is 0. The lowest BCUT2D eigenvalue weighted by molar-refractivity contribution is 0.137. The number of aliphatic hydroxyl groups excluding tert-OH is 1. The summed E-state index contributed by atoms with van der Waals surface area (Å²) in [6, 6.07) is 0. The van der Waals surface area contributed by atoms with Crippen LogP contribution in [0.2, 0.25) is 0 Å². The van der Waals surface area contributed by atoms with Gasteiger partial charge in [0.05, 0.1) is 17.4 Å². The predicted molar refractivity (Wildman–Crippen MR) is 40.8 cm³/mol. The van der Waals surface area contributed by atoms with Crippen molar-refractivity contribution in [3.63, 3.8) is 0 Å². The van der Waals surface area contributed by atoms with Crippen LogP contribution in [0.1, 0.15) is 20.3 Å². The highest BCUT2D eigenvalue weighted by Crippen LogP contribution is 2.13. The lowest BCUT2D eigenvalue weighted by Crippen LogP contribution is -2.28. The molecule has 1 unspecified atom stereocenters. The Morgan fingerprint density at radius 2 is 2.20 bits per heavy atom. The average molecular weight is 164 g/mol. The van der Waals surface area contributed by atoms with Crippen molar-refractivity contribution >= 4 is 17.9 Å². The van der Waals surface area contributed by atoms with Crippen LogP contribution in [0.4, 0.5) is 0 Å². The summed E-state index contributed by atoms with van der Waals surface area (Å²) in [5.41, 5.74) is 0. The zero-order valence-corrected chi connectivity index (χ0v) is 6.93. The third kappa shape index (κ3) is 2.67. The number of carbonyl (C=O) groups excluding carboxylic acids is 1. The molecule has 3 heteroatoms. The van der Waals surface area contributed by atoms with Gasteiger partial charge in [-0.3, -0.25) is 4.79 Å². The monoisotopic (exact) mass is 163 g/mol. The SMILES string of the molecule is CCC(Cl)[C@H](O)[C@H](C)[C]=O. The van der Waals surface area contributed by atoms with Crippen LogP contribution in [0.5, 0.6) is 0 Å². The van der Waals surface area contributed by atoms with Gasteiger partial charge in [0.15, 0.2) is 0 Å². The molecule has 1 radical (unpaired) electrons. The summed E-state index contributed by atoms with van der Waals surface area (Å²) in [6.07, 6.45) is 1.60. The summed E-state index contributed by atoms with van der Waals surface area (Å²) >= 11 is 5.66. The number of hydrogen-bond acceptors (Lipinski definition) is 2. The molecule has 10 heavy (non-hydrogen) atoms. The Balaban J connectivity index is 3.80. The van der Waals surface area contributed by atoms with E-state index in [-0.39, 0.29) is 5.38 Å². The summed E-state index contributed by atoms with van der Waals surface area (Å²) in [4.78, 5) is 10.0. The van der Waals surface area contributed by atoms with Gasteiger partial charge in [-0.05, 0) is 6.42 Å². The largest absolute Gasteiger partial charge is 0.391 e. The van der Waals surface area contributed by atoms with Crippen molar-refractivity contribution in [3.05, 3.63) is 0 Å². The van der Waals surface area contributed by atoms with Gasteiger partial charge < -0.3 is 5.11 Å². The fourth-order valence-corrected chi connectivity index (χ4v) is 0.843. The van der Waals surface area contributed by atoms with Crippen molar-refractivity contribution in [2.24, 2.45) is 5.92 Å². The quantitative estimate of drug-likeness (QED) is 0.631. The van der Waals surface area contributed by atoms with Crippen LogP contribution in [-0.2, 0) is 4.79 Å². The molecule has 0 aliphatic carbocycles. The molecule has 0 bridgehead atoms. The van der Waals surface area contributed by atoms with Crippen molar-refractivity contribution in [2.75, 3.05) is 0 Å². The van der Waals surface area contributed by atoms with E-state index in [1.807, 2.05) is 6.92 Å². The molecule has 2 nitrogen and oxygen atoms in total. The smallest absolute Gasteiger partial charge is 0.204 e. The molecule has 0 heterocycles. The van der Waals surface area contributed by atoms with E-state index in [9.17, 15) is 9.90 Å². The van der Waals surface area contributed by atoms with Gasteiger partial charge >= 0.3 is 0 Å². The third-order valence-electron chi connectivity index (χ3n) is 1.46. The summed E-state index contributed by atoms with van der Waals surface area (Å²) in [5.74, 6) is -0.484. The molecule has 0 aromatic rings. The van der Waals surface area contributed by atoms with Crippen LogP contribution in [0.25, 0.3) is 0 Å². The van der Waals surface area contributed by atoms with Crippen molar-refractivity contribution < 1.29 is 9.90 Å². The second kappa shape index (κ2) is 4.69. The number of alkyl halides is 1. The van der Waals surface area contributed by atoms with E-state index in [2.05, 4.69) is 0 Å². The summed E-state index contributed by atoms with van der Waals surface area (Å²) in [6.45, 7) is 3.46. The van der Waals surface area contributed by atoms with Crippen molar-refractivity contribution in [1.29, 1.82) is 0 Å². The van der Waals surface area contributed by atoms with Crippen molar-refractivity contribution in [2.45, 2.75) is 31.7 Å². The van der Waals surface area contributed by atoms with Gasteiger partial charge in [0, 0.05) is 0 Å². The molecule has 0 aromatic carbocycles. The van der Waals surface area contributed by atoms with Crippen LogP contribution in [0.3, 0.4) is 0 Å². The van der Waals surface area contributed by atoms with Gasteiger partial charge in [-0.25, -0.2) is 0 Å². The maximum absolute atomic E-state index is 10.0. The second-order valence-electron chi connectivity index (χ2n) is 2.32. The third-order valence-corrected chi connectivity index (χ3v) is 2.03. The molecule has 0 spiro atoms. The number of aliphatic hydroxyl groups is 1. The van der Waals surface area contributed by atoms with E-state index in [0.29, 0.717) is 6.42 Å². The minimum absolute atomic E-state index is 0.337. The first-order chi connectivity index (χ1) is 4.63. The van der Waals surface area contributed by atoms with Gasteiger partial charge in [-0.1, -0.05) is 13.8 Å². The molecule has 1 N–H and O–H groups in total. The molecule has 0 amide bonds. The van der Waals surface area contributed by atoms with Crippen LogP contribution < -0.4 is 0 Å². The molecule has 0 saturated carbocycles. The highest BCUT2D eigenvalue weighted by molar-refractivity contribution is 6.21. The van der Waals surface area contributed by atoms with Gasteiger partial charge in [-0.2, -0.15) is 0 Å². The highest BCUT2D eigenvalue weighted by Gasteiger charge is 2.21. The zero-order chi connectivity index (χ0) is 8.15. The van der Waals surface area contributed by atoms with Crippen LogP contribution in [-0.4, -0.2) is 22.9 Å². The Labute approximate surface area is 66.2 Å². The first kappa shape index (κ1) is 9.92. The molecule has 0 rings (SSSR count). The van der Waals surface area contributed by atoms with E-state index < -0.39 is 12.0 Å². The van der Waals surface area contributed by atoms with E-state index in [1.165, 1.54) is 0 Å². The van der Waals surface area contributed by atoms with E-state index in [4.69, 9.17) is 11.6 Å². The molecular formula is C7H12ClO2. The van der Waals surface area contributed by atoms with E-state index in [0.717, 1.165) is 0 Å². The molecule has 3 atom stereocenters. The number of rotatable bonds is 4. The van der Waals surface area contributed by atoms with E-state index >= 15 is 0 Å². The van der Waals surface area contributed by atoms with Gasteiger partial charge in [-0.15, -0.1) is 11.6 Å². The minimum Gasteiger partial charge on any atom is -0.391 e. The summed E-state index contributed by atoms with van der Waals surface area (Å²) in [7, 11) is 0. The Bertz CT molecular complexity index is 106. The zero-order valence-electron chi connectivity index (χ0n) is 6.17. The Hall–Kier alpha value is -0.0800. The number of halogens is 1. The lowest BCUT2D eigenvalue weighted by atomic mass is 10.0. The standard InChI is InChI=1S/C7H12ClO2/c1-3-6(8)7(10)5(2)4-9/h5-7,10H,3H2,1-2H3/t5-,6?,7-/m1/s1. The molecule has 0 aliphatic rings. The Kier molecular flexibility index (Phi) is 4.65. The van der Waals surface area contributed by atoms with Crippen LogP contribution in [0.15, 0.2) is 0 Å². The van der Waals surface area contributed by atoms with E-state index in [1.54, 1.807) is 13.2 Å². The van der Waals surface area contributed by atoms with Gasteiger partial charge in [0.2, 0.25) is 6.29 Å². The molecular weight excluding hydrogens is 152 g/mol. The molecule has 0 saturated heterocycles. The molecule has 59 valence electrons. The lowest BCUT2D eigenvalue weighted by Gasteiger charge is -2.16. The normalized spacial score (nSPS) is 19.6. The predicted octanol–water partition coefficient (Wildman–Crippen LogP) is 1.11. The fraction of sp³-hybridized carbons (Fsp3) is 0.857. The van der Waals surface area contributed by atoms with Crippen LogP contribution >= 0.6 is 11.6 Å². The topological polar surface area (TPSA) is 37.3 Å². The first-order valence-electron chi connectivity index (χ1n) is 3.33. The summed E-state index contributed by atoms with van der Waals surface area (Å²) in [5, 5.41) is 8.86. The maximum atomic E-state index is 10.0. The van der Waals surface area contributed by atoms with Crippen LogP contribution in [0, 0.1) is 5.92 Å². The molecule has 0 aliphatic heterocycles. The maximum Gasteiger partial charge on any atom is 0.204 e. The Morgan fingerprint density at radius 1 is 1.70 bits per heavy atom. The highest BCUT2D eigenvalue weighted by atomic mass is 35.5. The second-order valence-corrected chi connectivity index (χ2v) is 2.88. The molecule has 0 aromatic heterocycles. The van der Waals surface area contributed by atoms with Gasteiger partial charge in [0.25, 0.3) is 0 Å². The average Bonchev–Trinajstić information content (AvgIpc) is 2.00. The minimum atomic E-state index is -0.760. The first-order valence-corrected chi connectivity index (χ1v) is 3.77. The molecule has 0 fully saturated rings. The van der Waals surface area contributed by atoms with Crippen molar-refractivity contribution in [3.8, 4) is 0 Å². The van der Waals surface area contributed by atoms with Gasteiger partial charge in [0.1, 0.15) is 0 Å².